The first-order valence-corrected chi connectivity index (χ1v) is 10.5. The van der Waals surface area contributed by atoms with Gasteiger partial charge in [-0.1, -0.05) is 41.4 Å². The number of hydrogen-bond acceptors (Lipinski definition) is 5. The van der Waals surface area contributed by atoms with E-state index in [4.69, 9.17) is 16.3 Å². The first-order valence-electron chi connectivity index (χ1n) is 8.60. The predicted molar refractivity (Wildman–Crippen MR) is 103 cm³/mol. The summed E-state index contributed by atoms with van der Waals surface area (Å²) in [7, 11) is -3.72. The molecule has 10 heteroatoms. The summed E-state index contributed by atoms with van der Waals surface area (Å²) in [6.45, 7) is 1.71. The van der Waals surface area contributed by atoms with Gasteiger partial charge in [0.1, 0.15) is 4.91 Å². The average Bonchev–Trinajstić information content (AvgIpc) is 3.10. The zero-order valence-electron chi connectivity index (χ0n) is 15.7. The highest BCUT2D eigenvalue weighted by atomic mass is 35.5. The molecule has 0 aliphatic carbocycles. The van der Waals surface area contributed by atoms with Gasteiger partial charge in [-0.25, -0.2) is 13.2 Å². The number of sulfone groups is 1. The van der Waals surface area contributed by atoms with E-state index in [0.29, 0.717) is 0 Å². The summed E-state index contributed by atoms with van der Waals surface area (Å²) in [4.78, 5) is 10.8. The molecule has 0 amide bonds. The van der Waals surface area contributed by atoms with Crippen LogP contribution in [0.4, 0.5) is 13.2 Å². The molecule has 1 heterocycles. The number of hydrogen-bond donors (Lipinski definition) is 0. The zero-order valence-corrected chi connectivity index (χ0v) is 17.3. The van der Waals surface area contributed by atoms with Gasteiger partial charge in [0, 0.05) is 5.02 Å². The van der Waals surface area contributed by atoms with Gasteiger partial charge in [0.2, 0.25) is 21.7 Å². The standard InChI is InChI=1S/C20H16ClF3O5S/c1-11-6-8-14(9-7-11)30(26,27)17-15(12-4-3-5-13(21)10-12)16(19(25)28-2)29-18(17)20(22,23)24/h3-10,15-16H,1-2H3. The van der Waals surface area contributed by atoms with Gasteiger partial charge in [-0.2, -0.15) is 13.2 Å². The van der Waals surface area contributed by atoms with E-state index in [1.165, 1.54) is 48.5 Å². The molecule has 2 aromatic carbocycles. The molecule has 2 atom stereocenters. The van der Waals surface area contributed by atoms with E-state index < -0.39 is 44.7 Å². The van der Waals surface area contributed by atoms with Crippen LogP contribution in [0.2, 0.25) is 5.02 Å². The number of esters is 1. The van der Waals surface area contributed by atoms with Crippen LogP contribution in [-0.4, -0.2) is 33.8 Å². The van der Waals surface area contributed by atoms with Crippen LogP contribution in [0, 0.1) is 6.92 Å². The third-order valence-electron chi connectivity index (χ3n) is 4.57. The molecule has 1 aliphatic heterocycles. The van der Waals surface area contributed by atoms with Crippen LogP contribution >= 0.6 is 11.6 Å². The van der Waals surface area contributed by atoms with Crippen molar-refractivity contribution in [1.82, 2.24) is 0 Å². The number of carbonyl (C=O) groups is 1. The lowest BCUT2D eigenvalue weighted by molar-refractivity contribution is -0.161. The summed E-state index contributed by atoms with van der Waals surface area (Å²) < 4.78 is 77.5. The van der Waals surface area contributed by atoms with Crippen molar-refractivity contribution in [2.75, 3.05) is 7.11 Å². The minimum absolute atomic E-state index is 0.0721. The van der Waals surface area contributed by atoms with Gasteiger partial charge >= 0.3 is 12.1 Å². The maximum atomic E-state index is 13.8. The SMILES string of the molecule is COC(=O)C1OC(C(F)(F)F)=C(S(=O)(=O)c2ccc(C)cc2)C1c1cccc(Cl)c1. The highest BCUT2D eigenvalue weighted by Crippen LogP contribution is 2.49. The molecule has 0 radical (unpaired) electrons. The smallest absolute Gasteiger partial charge is 0.450 e. The molecule has 0 fully saturated rings. The van der Waals surface area contributed by atoms with Crippen LogP contribution in [0.3, 0.4) is 0 Å². The van der Waals surface area contributed by atoms with Gasteiger partial charge in [0.25, 0.3) is 0 Å². The summed E-state index contributed by atoms with van der Waals surface area (Å²) >= 11 is 5.96. The molecule has 5 nitrogen and oxygen atoms in total. The van der Waals surface area contributed by atoms with Crippen LogP contribution in [-0.2, 0) is 24.1 Å². The fourth-order valence-electron chi connectivity index (χ4n) is 3.20. The zero-order chi connectivity index (χ0) is 22.3. The first-order chi connectivity index (χ1) is 14.0. The third-order valence-corrected chi connectivity index (χ3v) is 6.72. The Bertz CT molecular complexity index is 1110. The lowest BCUT2D eigenvalue weighted by Crippen LogP contribution is -2.30. The molecule has 0 aromatic heterocycles. The molecule has 160 valence electrons. The predicted octanol–water partition coefficient (Wildman–Crippen LogP) is 4.55. The third kappa shape index (κ3) is 4.04. The number of carbonyl (C=O) groups excluding carboxylic acids is 1. The highest BCUT2D eigenvalue weighted by Gasteiger charge is 2.56. The fraction of sp³-hybridized carbons (Fsp3) is 0.250. The average molecular weight is 461 g/mol. The minimum Gasteiger partial charge on any atom is -0.472 e. The number of methoxy groups -OCH3 is 1. The van der Waals surface area contributed by atoms with E-state index in [9.17, 15) is 26.4 Å². The molecule has 1 aliphatic rings. The van der Waals surface area contributed by atoms with Crippen LogP contribution in [0.25, 0.3) is 0 Å². The summed E-state index contributed by atoms with van der Waals surface area (Å²) in [6.07, 6.45) is -7.01. The fourth-order valence-corrected chi connectivity index (χ4v) is 5.15. The number of allylic oxidation sites excluding steroid dienone is 1. The van der Waals surface area contributed by atoms with E-state index in [-0.39, 0.29) is 15.5 Å². The minimum atomic E-state index is -5.16. The number of halogens is 4. The van der Waals surface area contributed by atoms with Gasteiger partial charge < -0.3 is 9.47 Å². The molecule has 0 saturated heterocycles. The van der Waals surface area contributed by atoms with E-state index in [0.717, 1.165) is 12.7 Å². The topological polar surface area (TPSA) is 69.7 Å². The van der Waals surface area contributed by atoms with Crippen molar-refractivity contribution in [3.63, 3.8) is 0 Å². The Kier molecular flexibility index (Phi) is 5.88. The van der Waals surface area contributed by atoms with Gasteiger partial charge in [0.15, 0.2) is 0 Å². The molecule has 0 saturated carbocycles. The number of ether oxygens (including phenoxy) is 2. The second-order valence-electron chi connectivity index (χ2n) is 6.60. The number of benzene rings is 2. The van der Waals surface area contributed by atoms with Crippen molar-refractivity contribution in [3.05, 3.63) is 75.3 Å². The number of rotatable bonds is 4. The maximum absolute atomic E-state index is 13.8. The number of aryl methyl sites for hydroxylation is 1. The molecule has 2 aromatic rings. The Labute approximate surface area is 176 Å². The number of alkyl halides is 3. The van der Waals surface area contributed by atoms with Crippen LogP contribution in [0.5, 0.6) is 0 Å². The van der Waals surface area contributed by atoms with Crippen molar-refractivity contribution in [2.45, 2.75) is 30.0 Å². The normalized spacial score (nSPS) is 19.5. The Hall–Kier alpha value is -2.52. The monoisotopic (exact) mass is 460 g/mol. The van der Waals surface area contributed by atoms with Crippen LogP contribution in [0.1, 0.15) is 17.0 Å². The van der Waals surface area contributed by atoms with Crippen LogP contribution < -0.4 is 0 Å². The van der Waals surface area contributed by atoms with Crippen molar-refractivity contribution in [3.8, 4) is 0 Å². The van der Waals surface area contributed by atoms with Crippen molar-refractivity contribution in [1.29, 1.82) is 0 Å². The summed E-state index contributed by atoms with van der Waals surface area (Å²) in [5.41, 5.74) is 0.795. The lowest BCUT2D eigenvalue weighted by atomic mass is 9.94. The summed E-state index contributed by atoms with van der Waals surface area (Å²) in [6, 6.07) is 10.9. The van der Waals surface area contributed by atoms with Gasteiger partial charge in [-0.05, 0) is 36.8 Å². The van der Waals surface area contributed by atoms with Crippen molar-refractivity contribution in [2.24, 2.45) is 0 Å². The highest BCUT2D eigenvalue weighted by molar-refractivity contribution is 7.95. The second-order valence-corrected chi connectivity index (χ2v) is 8.96. The molecule has 0 bridgehead atoms. The second kappa shape index (κ2) is 7.96. The van der Waals surface area contributed by atoms with Crippen molar-refractivity contribution >= 4 is 27.4 Å². The van der Waals surface area contributed by atoms with E-state index >= 15 is 0 Å². The first kappa shape index (κ1) is 22.2. The quantitative estimate of drug-likeness (QED) is 0.626. The van der Waals surface area contributed by atoms with E-state index in [1.54, 1.807) is 6.92 Å². The van der Waals surface area contributed by atoms with Gasteiger partial charge in [-0.15, -0.1) is 0 Å². The molecule has 3 rings (SSSR count). The molecule has 0 N–H and O–H groups in total. The molecule has 30 heavy (non-hydrogen) atoms. The summed E-state index contributed by atoms with van der Waals surface area (Å²) in [5, 5.41) is 0.156. The largest absolute Gasteiger partial charge is 0.472 e. The lowest BCUT2D eigenvalue weighted by Gasteiger charge is -2.20. The van der Waals surface area contributed by atoms with Gasteiger partial charge in [-0.3, -0.25) is 0 Å². The Morgan fingerprint density at radius 1 is 1.13 bits per heavy atom. The maximum Gasteiger partial charge on any atom is 0.450 e. The van der Waals surface area contributed by atoms with Crippen molar-refractivity contribution < 1.29 is 35.9 Å². The molecule has 2 unspecified atom stereocenters. The Balaban J connectivity index is 2.31. The summed E-state index contributed by atoms with van der Waals surface area (Å²) in [5.74, 6) is -4.49. The van der Waals surface area contributed by atoms with E-state index in [1.807, 2.05) is 0 Å². The van der Waals surface area contributed by atoms with E-state index in [2.05, 4.69) is 4.74 Å². The molecular formula is C20H16ClF3O5S. The van der Waals surface area contributed by atoms with Gasteiger partial charge in [0.05, 0.1) is 17.9 Å². The Morgan fingerprint density at radius 3 is 2.30 bits per heavy atom. The Morgan fingerprint density at radius 2 is 1.77 bits per heavy atom. The molecular weight excluding hydrogens is 445 g/mol. The van der Waals surface area contributed by atoms with Crippen LogP contribution in [0.15, 0.2) is 64.1 Å². The molecule has 0 spiro atoms.